The van der Waals surface area contributed by atoms with E-state index in [1.54, 1.807) is 0 Å². The fourth-order valence-electron chi connectivity index (χ4n) is 11.1. The van der Waals surface area contributed by atoms with Gasteiger partial charge in [0.25, 0.3) is 0 Å². The first-order valence-electron chi connectivity index (χ1n) is 15.2. The van der Waals surface area contributed by atoms with Gasteiger partial charge in [-0.25, -0.2) is 0 Å². The highest BCUT2D eigenvalue weighted by atomic mass is 16.5. The van der Waals surface area contributed by atoms with Gasteiger partial charge in [-0.1, -0.05) is 67.0 Å². The van der Waals surface area contributed by atoms with Crippen LogP contribution in [0.25, 0.3) is 0 Å². The van der Waals surface area contributed by atoms with Crippen LogP contribution in [0.5, 0.6) is 0 Å². The molecule has 0 aromatic carbocycles. The standard InChI is InChI=1S/C33H52O4/c1-9-26(34)37-25-13-14-30(6)23(29(25,4)5)12-15-32(8)24(30)11-10-21-22-20-28(2,3)16-18-33(22,27(35)36)19-17-31(21,32)7/h20-21,23-25H,9-19H2,1-8H3,(H,35,36)/t21-,23+,24-,25+,30+,31-,32-,33+/m1/s1. The molecule has 0 aromatic rings. The molecule has 0 aliphatic heterocycles. The normalized spacial score (nSPS) is 47.8. The zero-order chi connectivity index (χ0) is 27.2. The minimum atomic E-state index is -0.646. The van der Waals surface area contributed by atoms with Crippen LogP contribution in [0.4, 0.5) is 0 Å². The minimum Gasteiger partial charge on any atom is -0.481 e. The Kier molecular flexibility index (Phi) is 6.14. The van der Waals surface area contributed by atoms with Crippen molar-refractivity contribution in [1.29, 1.82) is 0 Å². The number of carboxylic acids is 1. The summed E-state index contributed by atoms with van der Waals surface area (Å²) in [5, 5.41) is 10.5. The van der Waals surface area contributed by atoms with Crippen molar-refractivity contribution in [2.75, 3.05) is 0 Å². The zero-order valence-corrected chi connectivity index (χ0v) is 24.8. The monoisotopic (exact) mass is 512 g/mol. The summed E-state index contributed by atoms with van der Waals surface area (Å²) in [5.74, 6) is 0.880. The molecule has 1 N–H and O–H groups in total. The van der Waals surface area contributed by atoms with Crippen LogP contribution >= 0.6 is 0 Å². The molecule has 0 aromatic heterocycles. The molecule has 0 spiro atoms. The van der Waals surface area contributed by atoms with Crippen molar-refractivity contribution in [1.82, 2.24) is 0 Å². The van der Waals surface area contributed by atoms with Crippen LogP contribution < -0.4 is 0 Å². The summed E-state index contributed by atoms with van der Waals surface area (Å²) >= 11 is 0. The Morgan fingerprint density at radius 2 is 1.51 bits per heavy atom. The van der Waals surface area contributed by atoms with Crippen LogP contribution in [0.3, 0.4) is 0 Å². The highest BCUT2D eigenvalue weighted by molar-refractivity contribution is 5.80. The molecule has 4 fully saturated rings. The van der Waals surface area contributed by atoms with Gasteiger partial charge >= 0.3 is 11.9 Å². The van der Waals surface area contributed by atoms with Crippen molar-refractivity contribution < 1.29 is 19.4 Å². The maximum atomic E-state index is 12.8. The van der Waals surface area contributed by atoms with Gasteiger partial charge in [-0.15, -0.1) is 0 Å². The van der Waals surface area contributed by atoms with E-state index in [1.807, 2.05) is 6.92 Å². The molecule has 0 unspecified atom stereocenters. The van der Waals surface area contributed by atoms with Crippen molar-refractivity contribution in [3.63, 3.8) is 0 Å². The summed E-state index contributed by atoms with van der Waals surface area (Å²) in [6.07, 6.45) is 13.2. The predicted octanol–water partition coefficient (Wildman–Crippen LogP) is 8.19. The van der Waals surface area contributed by atoms with E-state index in [-0.39, 0.29) is 39.1 Å². The van der Waals surface area contributed by atoms with Gasteiger partial charge in [0.1, 0.15) is 6.10 Å². The number of ether oxygens (including phenoxy) is 1. The quantitative estimate of drug-likeness (QED) is 0.306. The fraction of sp³-hybridized carbons (Fsp3) is 0.879. The number of rotatable bonds is 3. The molecular formula is C33H52O4. The Hall–Kier alpha value is -1.32. The van der Waals surface area contributed by atoms with Crippen molar-refractivity contribution >= 4 is 11.9 Å². The number of aliphatic carboxylic acids is 1. The first-order valence-corrected chi connectivity index (χ1v) is 15.2. The number of carboxylic acid groups (broad SMARTS) is 1. The molecule has 4 saturated carbocycles. The summed E-state index contributed by atoms with van der Waals surface area (Å²) in [4.78, 5) is 25.1. The molecule has 0 heterocycles. The van der Waals surface area contributed by atoms with E-state index in [9.17, 15) is 14.7 Å². The lowest BCUT2D eigenvalue weighted by atomic mass is 9.32. The third-order valence-corrected chi connectivity index (χ3v) is 13.5. The maximum Gasteiger partial charge on any atom is 0.313 e. The number of fused-ring (bicyclic) bond motifs is 7. The average Bonchev–Trinajstić information content (AvgIpc) is 2.80. The Labute approximate surface area is 225 Å². The molecule has 4 heteroatoms. The summed E-state index contributed by atoms with van der Waals surface area (Å²) in [5.41, 5.74) is 1.22. The summed E-state index contributed by atoms with van der Waals surface area (Å²) < 4.78 is 6.03. The lowest BCUT2D eigenvalue weighted by Crippen LogP contribution is -2.66. The molecule has 208 valence electrons. The van der Waals surface area contributed by atoms with Gasteiger partial charge in [-0.05, 0) is 104 Å². The van der Waals surface area contributed by atoms with E-state index in [0.717, 1.165) is 44.9 Å². The third-order valence-electron chi connectivity index (χ3n) is 13.5. The number of carbonyl (C=O) groups is 2. The highest BCUT2D eigenvalue weighted by Crippen LogP contribution is 2.76. The number of hydrogen-bond acceptors (Lipinski definition) is 3. The minimum absolute atomic E-state index is 0.00907. The van der Waals surface area contributed by atoms with E-state index in [2.05, 4.69) is 54.5 Å². The van der Waals surface area contributed by atoms with E-state index in [1.165, 1.54) is 24.8 Å². The third kappa shape index (κ3) is 3.58. The topological polar surface area (TPSA) is 63.6 Å². The van der Waals surface area contributed by atoms with Crippen molar-refractivity contribution in [2.24, 2.45) is 50.2 Å². The Balaban J connectivity index is 1.51. The first kappa shape index (κ1) is 27.3. The number of esters is 1. The Morgan fingerprint density at radius 3 is 2.16 bits per heavy atom. The van der Waals surface area contributed by atoms with E-state index in [4.69, 9.17) is 4.74 Å². The van der Waals surface area contributed by atoms with Crippen LogP contribution in [0.1, 0.15) is 126 Å². The van der Waals surface area contributed by atoms with Crippen LogP contribution in [0.15, 0.2) is 11.6 Å². The molecule has 5 aliphatic rings. The summed E-state index contributed by atoms with van der Waals surface area (Å²) in [6, 6.07) is 0. The van der Waals surface area contributed by atoms with Crippen molar-refractivity contribution in [2.45, 2.75) is 132 Å². The van der Waals surface area contributed by atoms with E-state index < -0.39 is 11.4 Å². The van der Waals surface area contributed by atoms with Crippen LogP contribution in [-0.4, -0.2) is 23.1 Å². The molecule has 0 amide bonds. The molecular weight excluding hydrogens is 460 g/mol. The second-order valence-electron chi connectivity index (χ2n) is 15.8. The second kappa shape index (κ2) is 8.34. The van der Waals surface area contributed by atoms with Gasteiger partial charge < -0.3 is 9.84 Å². The summed E-state index contributed by atoms with van der Waals surface area (Å²) in [7, 11) is 0. The molecule has 8 atom stereocenters. The van der Waals surface area contributed by atoms with E-state index in [0.29, 0.717) is 24.2 Å². The summed E-state index contributed by atoms with van der Waals surface area (Å²) in [6.45, 7) is 18.9. The van der Waals surface area contributed by atoms with Crippen LogP contribution in [0, 0.1) is 50.2 Å². The number of hydrogen-bond donors (Lipinski definition) is 1. The van der Waals surface area contributed by atoms with Crippen LogP contribution in [-0.2, 0) is 14.3 Å². The molecule has 5 aliphatic carbocycles. The van der Waals surface area contributed by atoms with Gasteiger partial charge in [0.2, 0.25) is 0 Å². The molecule has 5 rings (SSSR count). The second-order valence-corrected chi connectivity index (χ2v) is 15.8. The zero-order valence-electron chi connectivity index (χ0n) is 24.8. The van der Waals surface area contributed by atoms with Crippen LogP contribution in [0.2, 0.25) is 0 Å². The lowest BCUT2D eigenvalue weighted by Gasteiger charge is -2.72. The van der Waals surface area contributed by atoms with Crippen molar-refractivity contribution in [3.8, 4) is 0 Å². The van der Waals surface area contributed by atoms with Gasteiger partial charge in [-0.2, -0.15) is 0 Å². The number of allylic oxidation sites excluding steroid dienone is 1. The fourth-order valence-corrected chi connectivity index (χ4v) is 11.1. The smallest absolute Gasteiger partial charge is 0.313 e. The van der Waals surface area contributed by atoms with Gasteiger partial charge in [0.05, 0.1) is 5.41 Å². The van der Waals surface area contributed by atoms with Crippen molar-refractivity contribution in [3.05, 3.63) is 11.6 Å². The first-order chi connectivity index (χ1) is 17.1. The van der Waals surface area contributed by atoms with Gasteiger partial charge in [-0.3, -0.25) is 9.59 Å². The average molecular weight is 513 g/mol. The largest absolute Gasteiger partial charge is 0.481 e. The molecule has 0 saturated heterocycles. The molecule has 0 radical (unpaired) electrons. The SMILES string of the molecule is CCC(=O)O[C@H]1CC[C@]2(C)[C@H]3CC[C@@H]4C5=CC(C)(C)CC[C@]5(C(=O)O)CC[C@@]4(C)[C@]3(C)CC[C@H]2C1(C)C. The maximum absolute atomic E-state index is 12.8. The lowest BCUT2D eigenvalue weighted by molar-refractivity contribution is -0.234. The highest BCUT2D eigenvalue weighted by Gasteiger charge is 2.70. The van der Waals surface area contributed by atoms with E-state index >= 15 is 0 Å². The molecule has 37 heavy (non-hydrogen) atoms. The molecule has 0 bridgehead atoms. The molecule has 4 nitrogen and oxygen atoms in total. The van der Waals surface area contributed by atoms with Gasteiger partial charge in [0.15, 0.2) is 0 Å². The predicted molar refractivity (Wildman–Crippen MR) is 147 cm³/mol. The van der Waals surface area contributed by atoms with Gasteiger partial charge in [0, 0.05) is 11.8 Å². The number of carbonyl (C=O) groups excluding carboxylic acids is 1. The Bertz CT molecular complexity index is 1010. The Morgan fingerprint density at radius 1 is 0.838 bits per heavy atom.